The van der Waals surface area contributed by atoms with Gasteiger partial charge in [0.15, 0.2) is 4.77 Å². The maximum atomic E-state index is 12.0. The first kappa shape index (κ1) is 13.8. The molecule has 21 heavy (non-hydrogen) atoms. The Kier molecular flexibility index (Phi) is 4.03. The van der Waals surface area contributed by atoms with Crippen molar-refractivity contribution in [2.45, 2.75) is 13.0 Å². The second-order valence-electron chi connectivity index (χ2n) is 4.54. The van der Waals surface area contributed by atoms with Gasteiger partial charge in [0.2, 0.25) is 0 Å². The van der Waals surface area contributed by atoms with E-state index in [0.29, 0.717) is 23.3 Å². The fourth-order valence-corrected chi connectivity index (χ4v) is 2.92. The molecule has 0 radical (unpaired) electrons. The standard InChI is InChI=1S/C14H12N4OS2/c19-13-11(4-10-5-15-9-16-6-10)7-18(14(20)17-13)8-12-2-1-3-21-12/h1-3,5-7,9H,4,8H2,(H,17,19,20). The summed E-state index contributed by atoms with van der Waals surface area (Å²) in [5.41, 5.74) is 1.38. The molecule has 1 N–H and O–H groups in total. The van der Waals surface area contributed by atoms with Crippen LogP contribution >= 0.6 is 23.6 Å². The molecule has 0 spiro atoms. The average Bonchev–Trinajstić information content (AvgIpc) is 2.98. The van der Waals surface area contributed by atoms with Gasteiger partial charge in [-0.2, -0.15) is 0 Å². The molecule has 0 aliphatic rings. The van der Waals surface area contributed by atoms with Crippen molar-refractivity contribution in [3.8, 4) is 0 Å². The molecule has 3 aromatic heterocycles. The lowest BCUT2D eigenvalue weighted by Gasteiger charge is -2.08. The first-order valence-corrected chi connectivity index (χ1v) is 7.60. The van der Waals surface area contributed by atoms with Crippen LogP contribution in [0, 0.1) is 4.77 Å². The van der Waals surface area contributed by atoms with Crippen molar-refractivity contribution in [3.63, 3.8) is 0 Å². The van der Waals surface area contributed by atoms with Gasteiger partial charge in [0.05, 0.1) is 6.54 Å². The van der Waals surface area contributed by atoms with Gasteiger partial charge >= 0.3 is 0 Å². The highest BCUT2D eigenvalue weighted by Crippen LogP contribution is 2.11. The molecule has 0 atom stereocenters. The van der Waals surface area contributed by atoms with Gasteiger partial charge in [0.25, 0.3) is 5.56 Å². The summed E-state index contributed by atoms with van der Waals surface area (Å²) >= 11 is 6.89. The number of nitrogens with zero attached hydrogens (tertiary/aromatic N) is 3. The monoisotopic (exact) mass is 316 g/mol. The van der Waals surface area contributed by atoms with Crippen LogP contribution in [0.2, 0.25) is 0 Å². The number of thiophene rings is 1. The molecule has 106 valence electrons. The Hall–Kier alpha value is -2.12. The van der Waals surface area contributed by atoms with Crippen LogP contribution in [-0.4, -0.2) is 19.5 Å². The van der Waals surface area contributed by atoms with Crippen LogP contribution in [0.3, 0.4) is 0 Å². The van der Waals surface area contributed by atoms with Crippen LogP contribution in [0.15, 0.2) is 47.2 Å². The Morgan fingerprint density at radius 1 is 1.33 bits per heavy atom. The van der Waals surface area contributed by atoms with E-state index in [0.717, 1.165) is 5.56 Å². The number of hydrogen-bond donors (Lipinski definition) is 1. The van der Waals surface area contributed by atoms with Crippen LogP contribution < -0.4 is 5.56 Å². The van der Waals surface area contributed by atoms with Gasteiger partial charge < -0.3 is 4.57 Å². The first-order chi connectivity index (χ1) is 10.2. The van der Waals surface area contributed by atoms with E-state index in [4.69, 9.17) is 12.2 Å². The van der Waals surface area contributed by atoms with Crippen LogP contribution in [0.25, 0.3) is 0 Å². The van der Waals surface area contributed by atoms with Crippen molar-refractivity contribution in [3.05, 3.63) is 73.6 Å². The number of nitrogens with one attached hydrogen (secondary N) is 1. The van der Waals surface area contributed by atoms with Gasteiger partial charge in [-0.25, -0.2) is 9.97 Å². The number of hydrogen-bond acceptors (Lipinski definition) is 5. The van der Waals surface area contributed by atoms with Gasteiger partial charge in [-0.1, -0.05) is 6.07 Å². The summed E-state index contributed by atoms with van der Waals surface area (Å²) in [5, 5.41) is 2.02. The van der Waals surface area contributed by atoms with Gasteiger partial charge in [-0.3, -0.25) is 9.78 Å². The summed E-state index contributed by atoms with van der Waals surface area (Å²) in [6, 6.07) is 4.04. The molecule has 0 unspecified atom stereocenters. The maximum Gasteiger partial charge on any atom is 0.255 e. The smallest absolute Gasteiger partial charge is 0.255 e. The van der Waals surface area contributed by atoms with E-state index in [1.54, 1.807) is 23.7 Å². The van der Waals surface area contributed by atoms with Crippen molar-refractivity contribution in [1.29, 1.82) is 0 Å². The van der Waals surface area contributed by atoms with E-state index in [1.807, 2.05) is 28.3 Å². The Morgan fingerprint density at radius 3 is 2.86 bits per heavy atom. The molecular weight excluding hydrogens is 304 g/mol. The summed E-state index contributed by atoms with van der Waals surface area (Å²) in [6.07, 6.45) is 7.18. The molecule has 3 rings (SSSR count). The minimum Gasteiger partial charge on any atom is -0.320 e. The second-order valence-corrected chi connectivity index (χ2v) is 5.96. The fraction of sp³-hybridized carbons (Fsp3) is 0.143. The Balaban J connectivity index is 1.94. The van der Waals surface area contributed by atoms with E-state index in [2.05, 4.69) is 15.0 Å². The topological polar surface area (TPSA) is 63.6 Å². The minimum absolute atomic E-state index is 0.161. The SMILES string of the molecule is O=c1[nH]c(=S)n(Cc2cccs2)cc1Cc1cncnc1. The predicted molar refractivity (Wildman–Crippen MR) is 84.1 cm³/mol. The van der Waals surface area contributed by atoms with E-state index in [1.165, 1.54) is 11.2 Å². The summed E-state index contributed by atoms with van der Waals surface area (Å²) in [4.78, 5) is 23.9. The van der Waals surface area contributed by atoms with E-state index >= 15 is 0 Å². The molecule has 0 aliphatic heterocycles. The number of rotatable bonds is 4. The Morgan fingerprint density at radius 2 is 2.14 bits per heavy atom. The van der Waals surface area contributed by atoms with Crippen LogP contribution in [0.5, 0.6) is 0 Å². The lowest BCUT2D eigenvalue weighted by molar-refractivity contribution is 0.741. The van der Waals surface area contributed by atoms with Crippen LogP contribution in [0.4, 0.5) is 0 Å². The second kappa shape index (κ2) is 6.11. The molecule has 0 fully saturated rings. The van der Waals surface area contributed by atoms with E-state index in [-0.39, 0.29) is 5.56 Å². The van der Waals surface area contributed by atoms with Crippen LogP contribution in [-0.2, 0) is 13.0 Å². The normalized spacial score (nSPS) is 10.7. The molecule has 0 saturated heterocycles. The van der Waals surface area contributed by atoms with Gasteiger partial charge in [-0.15, -0.1) is 11.3 Å². The zero-order valence-electron chi connectivity index (χ0n) is 11.0. The summed E-state index contributed by atoms with van der Waals surface area (Å²) in [6.45, 7) is 0.658. The highest BCUT2D eigenvalue weighted by Gasteiger charge is 2.06. The van der Waals surface area contributed by atoms with Gasteiger partial charge in [-0.05, 0) is 29.2 Å². The lowest BCUT2D eigenvalue weighted by atomic mass is 10.1. The molecule has 3 heterocycles. The number of aromatic amines is 1. The van der Waals surface area contributed by atoms with Crippen molar-refractivity contribution in [1.82, 2.24) is 19.5 Å². The number of aromatic nitrogens is 4. The summed E-state index contributed by atoms with van der Waals surface area (Å²) in [7, 11) is 0. The van der Waals surface area contributed by atoms with E-state index in [9.17, 15) is 4.79 Å². The zero-order chi connectivity index (χ0) is 14.7. The molecule has 5 nitrogen and oxygen atoms in total. The minimum atomic E-state index is -0.161. The van der Waals surface area contributed by atoms with Crippen molar-refractivity contribution in [2.75, 3.05) is 0 Å². The molecule has 0 amide bonds. The summed E-state index contributed by atoms with van der Waals surface area (Å²) < 4.78 is 2.31. The first-order valence-electron chi connectivity index (χ1n) is 6.31. The molecule has 0 bridgehead atoms. The average molecular weight is 316 g/mol. The third-order valence-electron chi connectivity index (χ3n) is 3.00. The fourth-order valence-electron chi connectivity index (χ4n) is 2.01. The van der Waals surface area contributed by atoms with Crippen molar-refractivity contribution < 1.29 is 0 Å². The molecule has 3 aromatic rings. The molecule has 0 aromatic carbocycles. The van der Waals surface area contributed by atoms with Gasteiger partial charge in [0.1, 0.15) is 6.33 Å². The highest BCUT2D eigenvalue weighted by atomic mass is 32.1. The van der Waals surface area contributed by atoms with E-state index < -0.39 is 0 Å². The number of H-pyrrole nitrogens is 1. The Bertz CT molecular complexity index is 837. The molecular formula is C14H12N4OS2. The highest BCUT2D eigenvalue weighted by molar-refractivity contribution is 7.71. The Labute approximate surface area is 130 Å². The van der Waals surface area contributed by atoms with Crippen molar-refractivity contribution in [2.24, 2.45) is 0 Å². The van der Waals surface area contributed by atoms with Crippen LogP contribution in [0.1, 0.15) is 16.0 Å². The molecule has 7 heteroatoms. The third-order valence-corrected chi connectivity index (χ3v) is 4.20. The maximum absolute atomic E-state index is 12.0. The summed E-state index contributed by atoms with van der Waals surface area (Å²) in [5.74, 6) is 0. The largest absolute Gasteiger partial charge is 0.320 e. The predicted octanol–water partition coefficient (Wildman–Crippen LogP) is 2.40. The zero-order valence-corrected chi connectivity index (χ0v) is 12.7. The quantitative estimate of drug-likeness (QED) is 0.751. The molecule has 0 aliphatic carbocycles. The molecule has 0 saturated carbocycles. The third kappa shape index (κ3) is 3.32. The van der Waals surface area contributed by atoms with Crippen molar-refractivity contribution >= 4 is 23.6 Å². The lowest BCUT2D eigenvalue weighted by Crippen LogP contribution is -2.18. The van der Waals surface area contributed by atoms with Gasteiger partial charge in [0, 0.05) is 35.5 Å².